The number of aldehydes is 1. The standard InChI is InChI=1S/C5H3NO3S/c7-3-5-4(6(8)9)1-2-10-5/h1-3H. The van der Waals surface area contributed by atoms with Crippen molar-refractivity contribution in [1.82, 2.24) is 0 Å². The van der Waals surface area contributed by atoms with E-state index in [0.29, 0.717) is 6.29 Å². The van der Waals surface area contributed by atoms with Gasteiger partial charge in [-0.3, -0.25) is 14.9 Å². The molecule has 5 heteroatoms. The Morgan fingerprint density at radius 2 is 2.40 bits per heavy atom. The minimum atomic E-state index is -0.569. The maximum absolute atomic E-state index is 10.1. The molecule has 0 N–H and O–H groups in total. The van der Waals surface area contributed by atoms with Crippen molar-refractivity contribution in [3.63, 3.8) is 0 Å². The summed E-state index contributed by atoms with van der Waals surface area (Å²) < 4.78 is 0. The van der Waals surface area contributed by atoms with E-state index < -0.39 is 4.92 Å². The van der Waals surface area contributed by atoms with E-state index >= 15 is 0 Å². The molecule has 1 rings (SSSR count). The number of rotatable bonds is 2. The van der Waals surface area contributed by atoms with E-state index in [1.54, 1.807) is 0 Å². The third kappa shape index (κ3) is 1.03. The molecule has 0 atom stereocenters. The average Bonchev–Trinajstić information content (AvgIpc) is 2.33. The zero-order chi connectivity index (χ0) is 7.56. The molecule has 0 aromatic carbocycles. The first-order valence-corrected chi connectivity index (χ1v) is 3.30. The van der Waals surface area contributed by atoms with Gasteiger partial charge in [-0.1, -0.05) is 0 Å². The Labute approximate surface area is 60.3 Å². The molecular formula is C5H3NO3S. The van der Waals surface area contributed by atoms with Gasteiger partial charge in [0.2, 0.25) is 0 Å². The van der Waals surface area contributed by atoms with Gasteiger partial charge >= 0.3 is 0 Å². The first-order chi connectivity index (χ1) is 4.75. The van der Waals surface area contributed by atoms with Crippen molar-refractivity contribution >= 4 is 23.3 Å². The Bertz CT molecular complexity index is 268. The molecule has 0 radical (unpaired) electrons. The minimum Gasteiger partial charge on any atom is -0.297 e. The highest BCUT2D eigenvalue weighted by molar-refractivity contribution is 7.12. The van der Waals surface area contributed by atoms with Crippen molar-refractivity contribution in [3.8, 4) is 0 Å². The first-order valence-electron chi connectivity index (χ1n) is 2.42. The predicted molar refractivity (Wildman–Crippen MR) is 36.4 cm³/mol. The van der Waals surface area contributed by atoms with Gasteiger partial charge in [-0.05, 0) is 5.38 Å². The summed E-state index contributed by atoms with van der Waals surface area (Å²) in [6.07, 6.45) is 0.489. The number of thiophene rings is 1. The lowest BCUT2D eigenvalue weighted by molar-refractivity contribution is -0.384. The summed E-state index contributed by atoms with van der Waals surface area (Å²) in [6, 6.07) is 1.31. The van der Waals surface area contributed by atoms with Crippen molar-refractivity contribution in [2.75, 3.05) is 0 Å². The van der Waals surface area contributed by atoms with Crippen molar-refractivity contribution < 1.29 is 9.72 Å². The van der Waals surface area contributed by atoms with Crippen LogP contribution in [0.4, 0.5) is 5.69 Å². The highest BCUT2D eigenvalue weighted by atomic mass is 32.1. The summed E-state index contributed by atoms with van der Waals surface area (Å²) in [7, 11) is 0. The molecule has 0 amide bonds. The third-order valence-electron chi connectivity index (χ3n) is 0.977. The molecule has 0 unspecified atom stereocenters. The van der Waals surface area contributed by atoms with Gasteiger partial charge in [-0.15, -0.1) is 11.3 Å². The number of carbonyl (C=O) groups excluding carboxylic acids is 1. The van der Waals surface area contributed by atoms with E-state index in [2.05, 4.69) is 0 Å². The van der Waals surface area contributed by atoms with Gasteiger partial charge in [0.05, 0.1) is 4.92 Å². The van der Waals surface area contributed by atoms with Crippen LogP contribution in [0, 0.1) is 10.1 Å². The molecule has 1 aromatic rings. The number of hydrogen-bond acceptors (Lipinski definition) is 4. The van der Waals surface area contributed by atoms with Gasteiger partial charge in [0, 0.05) is 6.07 Å². The van der Waals surface area contributed by atoms with Gasteiger partial charge in [-0.2, -0.15) is 0 Å². The summed E-state index contributed by atoms with van der Waals surface area (Å²) in [6.45, 7) is 0. The molecule has 0 fully saturated rings. The van der Waals surface area contributed by atoms with Crippen LogP contribution >= 0.6 is 11.3 Å². The van der Waals surface area contributed by atoms with E-state index in [0.717, 1.165) is 11.3 Å². The van der Waals surface area contributed by atoms with Crippen molar-refractivity contribution in [2.24, 2.45) is 0 Å². The molecule has 1 heterocycles. The second-order valence-electron chi connectivity index (χ2n) is 1.55. The molecule has 1 aromatic heterocycles. The van der Waals surface area contributed by atoms with E-state index in [9.17, 15) is 14.9 Å². The van der Waals surface area contributed by atoms with Crippen molar-refractivity contribution in [3.05, 3.63) is 26.4 Å². The van der Waals surface area contributed by atoms with Crippen LogP contribution in [-0.2, 0) is 0 Å². The number of nitrogens with zero attached hydrogens (tertiary/aromatic N) is 1. The highest BCUT2D eigenvalue weighted by Gasteiger charge is 2.12. The second kappa shape index (κ2) is 2.57. The van der Waals surface area contributed by atoms with E-state index in [1.165, 1.54) is 11.4 Å². The maximum atomic E-state index is 10.1. The van der Waals surface area contributed by atoms with Crippen LogP contribution < -0.4 is 0 Å². The first kappa shape index (κ1) is 6.88. The molecular weight excluding hydrogens is 154 g/mol. The highest BCUT2D eigenvalue weighted by Crippen LogP contribution is 2.21. The van der Waals surface area contributed by atoms with Gasteiger partial charge in [0.1, 0.15) is 4.88 Å². The van der Waals surface area contributed by atoms with Gasteiger partial charge in [0.25, 0.3) is 5.69 Å². The van der Waals surface area contributed by atoms with Gasteiger partial charge in [-0.25, -0.2) is 0 Å². The largest absolute Gasteiger partial charge is 0.297 e. The fourth-order valence-electron chi connectivity index (χ4n) is 0.553. The fourth-order valence-corrected chi connectivity index (χ4v) is 1.22. The Kier molecular flexibility index (Phi) is 1.77. The van der Waals surface area contributed by atoms with E-state index in [4.69, 9.17) is 0 Å². The smallest absolute Gasteiger partial charge is 0.290 e. The second-order valence-corrected chi connectivity index (χ2v) is 2.49. The Morgan fingerprint density at radius 1 is 1.70 bits per heavy atom. The Balaban J connectivity index is 3.13. The summed E-state index contributed by atoms with van der Waals surface area (Å²) in [5.41, 5.74) is -0.111. The lowest BCUT2D eigenvalue weighted by atomic mass is 10.4. The average molecular weight is 157 g/mol. The van der Waals surface area contributed by atoms with Crippen LogP contribution in [0.1, 0.15) is 9.67 Å². The molecule has 4 nitrogen and oxygen atoms in total. The van der Waals surface area contributed by atoms with Gasteiger partial charge in [0.15, 0.2) is 6.29 Å². The van der Waals surface area contributed by atoms with Crippen LogP contribution in [0.25, 0.3) is 0 Å². The van der Waals surface area contributed by atoms with Crippen LogP contribution in [-0.4, -0.2) is 11.2 Å². The number of hydrogen-bond donors (Lipinski definition) is 0. The molecule has 0 saturated carbocycles. The summed E-state index contributed by atoms with van der Waals surface area (Å²) >= 11 is 1.07. The lowest BCUT2D eigenvalue weighted by Crippen LogP contribution is -1.87. The summed E-state index contributed by atoms with van der Waals surface area (Å²) in [5.74, 6) is 0. The number of nitro groups is 1. The molecule has 0 spiro atoms. The molecule has 0 bridgehead atoms. The monoisotopic (exact) mass is 157 g/mol. The zero-order valence-corrected chi connectivity index (χ0v) is 5.63. The molecule has 10 heavy (non-hydrogen) atoms. The Morgan fingerprint density at radius 3 is 2.80 bits per heavy atom. The van der Waals surface area contributed by atoms with Crippen molar-refractivity contribution in [1.29, 1.82) is 0 Å². The number of carbonyl (C=O) groups is 1. The molecule has 0 saturated heterocycles. The normalized spacial score (nSPS) is 9.20. The summed E-state index contributed by atoms with van der Waals surface area (Å²) in [5, 5.41) is 11.6. The maximum Gasteiger partial charge on any atom is 0.290 e. The van der Waals surface area contributed by atoms with E-state index in [1.807, 2.05) is 0 Å². The van der Waals surface area contributed by atoms with Crippen molar-refractivity contribution in [2.45, 2.75) is 0 Å². The fraction of sp³-hybridized carbons (Fsp3) is 0. The third-order valence-corrected chi connectivity index (χ3v) is 1.81. The quantitative estimate of drug-likeness (QED) is 0.371. The van der Waals surface area contributed by atoms with Gasteiger partial charge < -0.3 is 0 Å². The topological polar surface area (TPSA) is 60.2 Å². The molecule has 0 aliphatic rings. The lowest BCUT2D eigenvalue weighted by Gasteiger charge is -1.82. The molecule has 0 aliphatic carbocycles. The van der Waals surface area contributed by atoms with Crippen LogP contribution in [0.2, 0.25) is 0 Å². The molecule has 0 aliphatic heterocycles. The SMILES string of the molecule is O=Cc1sccc1[N+](=O)[O-]. The molecule has 52 valence electrons. The van der Waals surface area contributed by atoms with E-state index in [-0.39, 0.29) is 10.6 Å². The van der Waals surface area contributed by atoms with Crippen LogP contribution in [0.5, 0.6) is 0 Å². The summed E-state index contributed by atoms with van der Waals surface area (Å²) in [4.78, 5) is 19.8. The van der Waals surface area contributed by atoms with Crippen LogP contribution in [0.15, 0.2) is 11.4 Å². The Hall–Kier alpha value is -1.23. The minimum absolute atomic E-state index is 0.111. The van der Waals surface area contributed by atoms with Crippen LogP contribution in [0.3, 0.4) is 0 Å². The predicted octanol–water partition coefficient (Wildman–Crippen LogP) is 1.47. The zero-order valence-electron chi connectivity index (χ0n) is 4.81.